The first kappa shape index (κ1) is 12.6. The summed E-state index contributed by atoms with van der Waals surface area (Å²) in [5.41, 5.74) is 3.38. The van der Waals surface area contributed by atoms with E-state index in [9.17, 15) is 4.79 Å². The fourth-order valence-corrected chi connectivity index (χ4v) is 2.77. The van der Waals surface area contributed by atoms with Gasteiger partial charge in [-0.1, -0.05) is 6.07 Å². The van der Waals surface area contributed by atoms with E-state index in [1.54, 1.807) is 7.11 Å². The third-order valence-corrected chi connectivity index (χ3v) is 4.12. The van der Waals surface area contributed by atoms with Crippen LogP contribution in [0.5, 0.6) is 0 Å². The number of hydrogen-bond donors (Lipinski definition) is 2. The van der Waals surface area contributed by atoms with Crippen LogP contribution in [0.25, 0.3) is 0 Å². The topological polar surface area (TPSA) is 50.4 Å². The van der Waals surface area contributed by atoms with Crippen LogP contribution in [0, 0.1) is 0 Å². The van der Waals surface area contributed by atoms with E-state index in [1.807, 2.05) is 12.1 Å². The largest absolute Gasteiger partial charge is 0.381 e. The van der Waals surface area contributed by atoms with Crippen LogP contribution in [0.4, 0.5) is 0 Å². The van der Waals surface area contributed by atoms with E-state index in [0.29, 0.717) is 6.10 Å². The van der Waals surface area contributed by atoms with Crippen LogP contribution in [0.1, 0.15) is 34.3 Å². The summed E-state index contributed by atoms with van der Waals surface area (Å²) in [6, 6.07) is 6.31. The van der Waals surface area contributed by atoms with Crippen LogP contribution in [0.15, 0.2) is 18.2 Å². The molecule has 1 aromatic carbocycles. The lowest BCUT2D eigenvalue weighted by Gasteiger charge is -2.34. The maximum absolute atomic E-state index is 12.2. The molecule has 4 heteroatoms. The van der Waals surface area contributed by atoms with Gasteiger partial charge in [-0.15, -0.1) is 0 Å². The third kappa shape index (κ3) is 2.65. The maximum atomic E-state index is 12.2. The van der Waals surface area contributed by atoms with Crippen LogP contribution in [0.2, 0.25) is 0 Å². The molecule has 1 saturated carbocycles. The van der Waals surface area contributed by atoms with Gasteiger partial charge < -0.3 is 15.4 Å². The summed E-state index contributed by atoms with van der Waals surface area (Å²) in [6.45, 7) is 1.89. The summed E-state index contributed by atoms with van der Waals surface area (Å²) in [7, 11) is 1.72. The Kier molecular flexibility index (Phi) is 3.53. The Labute approximate surface area is 113 Å². The van der Waals surface area contributed by atoms with E-state index in [0.717, 1.165) is 37.9 Å². The van der Waals surface area contributed by atoms with Crippen molar-refractivity contribution in [3.8, 4) is 0 Å². The van der Waals surface area contributed by atoms with Crippen LogP contribution < -0.4 is 10.6 Å². The zero-order valence-corrected chi connectivity index (χ0v) is 11.2. The minimum atomic E-state index is 0.0351. The minimum Gasteiger partial charge on any atom is -0.381 e. The molecule has 0 unspecified atom stereocenters. The first-order chi connectivity index (χ1) is 9.26. The summed E-state index contributed by atoms with van der Waals surface area (Å²) < 4.78 is 5.22. The van der Waals surface area contributed by atoms with Gasteiger partial charge in [-0.2, -0.15) is 0 Å². The molecule has 0 radical (unpaired) electrons. The van der Waals surface area contributed by atoms with Crippen molar-refractivity contribution >= 4 is 5.91 Å². The number of ether oxygens (including phenoxy) is 1. The molecule has 2 N–H and O–H groups in total. The van der Waals surface area contributed by atoms with Crippen LogP contribution in [0.3, 0.4) is 0 Å². The van der Waals surface area contributed by atoms with E-state index < -0.39 is 0 Å². The van der Waals surface area contributed by atoms with Gasteiger partial charge in [-0.05, 0) is 49.1 Å². The molecule has 1 amide bonds. The zero-order chi connectivity index (χ0) is 13.2. The SMILES string of the molecule is COC1CC(NC(=O)c2ccc3c(c2)CNCC3)C1. The van der Waals surface area contributed by atoms with Crippen LogP contribution >= 0.6 is 0 Å². The Morgan fingerprint density at radius 2 is 2.21 bits per heavy atom. The van der Waals surface area contributed by atoms with Gasteiger partial charge in [0.05, 0.1) is 6.10 Å². The predicted molar refractivity (Wildman–Crippen MR) is 73.1 cm³/mol. The van der Waals surface area contributed by atoms with Crippen LogP contribution in [-0.2, 0) is 17.7 Å². The molecule has 102 valence electrons. The number of hydrogen-bond acceptors (Lipinski definition) is 3. The van der Waals surface area contributed by atoms with Gasteiger partial charge in [0.2, 0.25) is 0 Å². The number of nitrogens with one attached hydrogen (secondary N) is 2. The first-order valence-electron chi connectivity index (χ1n) is 6.92. The monoisotopic (exact) mass is 260 g/mol. The third-order valence-electron chi connectivity index (χ3n) is 4.12. The Balaban J connectivity index is 1.64. The highest BCUT2D eigenvalue weighted by atomic mass is 16.5. The fraction of sp³-hybridized carbons (Fsp3) is 0.533. The molecule has 1 aliphatic carbocycles. The molecule has 1 heterocycles. The number of carbonyl (C=O) groups is 1. The smallest absolute Gasteiger partial charge is 0.251 e. The average Bonchev–Trinajstić information content (AvgIpc) is 2.41. The average molecular weight is 260 g/mol. The summed E-state index contributed by atoms with van der Waals surface area (Å²) >= 11 is 0. The molecule has 0 atom stereocenters. The van der Waals surface area contributed by atoms with Gasteiger partial charge in [0, 0.05) is 25.3 Å². The van der Waals surface area contributed by atoms with Gasteiger partial charge in [-0.3, -0.25) is 4.79 Å². The molecule has 1 fully saturated rings. The van der Waals surface area contributed by atoms with Crippen molar-refractivity contribution < 1.29 is 9.53 Å². The summed E-state index contributed by atoms with van der Waals surface area (Å²) in [5, 5.41) is 6.40. The van der Waals surface area contributed by atoms with Crippen molar-refractivity contribution in [3.05, 3.63) is 34.9 Å². The summed E-state index contributed by atoms with van der Waals surface area (Å²) in [6.07, 6.45) is 3.22. The van der Waals surface area contributed by atoms with E-state index in [4.69, 9.17) is 4.74 Å². The first-order valence-corrected chi connectivity index (χ1v) is 6.92. The van der Waals surface area contributed by atoms with E-state index in [2.05, 4.69) is 16.7 Å². The van der Waals surface area contributed by atoms with Crippen molar-refractivity contribution in [2.45, 2.75) is 38.0 Å². The molecule has 2 aliphatic rings. The number of fused-ring (bicyclic) bond motifs is 1. The number of benzene rings is 1. The molecular formula is C15H20N2O2. The normalized spacial score (nSPS) is 25.3. The van der Waals surface area contributed by atoms with Crippen LogP contribution in [-0.4, -0.2) is 31.7 Å². The van der Waals surface area contributed by atoms with Crippen molar-refractivity contribution in [1.82, 2.24) is 10.6 Å². The Morgan fingerprint density at radius 1 is 1.37 bits per heavy atom. The van der Waals surface area contributed by atoms with Gasteiger partial charge in [-0.25, -0.2) is 0 Å². The lowest BCUT2D eigenvalue weighted by molar-refractivity contribution is 0.0176. The second-order valence-corrected chi connectivity index (χ2v) is 5.41. The Morgan fingerprint density at radius 3 is 3.00 bits per heavy atom. The van der Waals surface area contributed by atoms with Gasteiger partial charge in [0.15, 0.2) is 0 Å². The second-order valence-electron chi connectivity index (χ2n) is 5.41. The fourth-order valence-electron chi connectivity index (χ4n) is 2.77. The summed E-state index contributed by atoms with van der Waals surface area (Å²) in [4.78, 5) is 12.2. The molecule has 0 bridgehead atoms. The molecule has 3 rings (SSSR count). The molecule has 0 spiro atoms. The maximum Gasteiger partial charge on any atom is 0.251 e. The van der Waals surface area contributed by atoms with E-state index in [1.165, 1.54) is 11.1 Å². The van der Waals surface area contributed by atoms with E-state index in [-0.39, 0.29) is 11.9 Å². The highest BCUT2D eigenvalue weighted by molar-refractivity contribution is 5.94. The standard InChI is InChI=1S/C15H20N2O2/c1-19-14-7-13(8-14)17-15(18)11-3-2-10-4-5-16-9-12(10)6-11/h2-3,6,13-14,16H,4-5,7-9H2,1H3,(H,17,18). The van der Waals surface area contributed by atoms with Crippen molar-refractivity contribution in [3.63, 3.8) is 0 Å². The van der Waals surface area contributed by atoms with Gasteiger partial charge in [0.1, 0.15) is 0 Å². The molecule has 19 heavy (non-hydrogen) atoms. The zero-order valence-electron chi connectivity index (χ0n) is 11.2. The molecule has 4 nitrogen and oxygen atoms in total. The lowest BCUT2D eigenvalue weighted by atomic mass is 9.89. The molecule has 1 aromatic rings. The van der Waals surface area contributed by atoms with Crippen molar-refractivity contribution in [2.75, 3.05) is 13.7 Å². The number of carbonyl (C=O) groups excluding carboxylic acids is 1. The number of methoxy groups -OCH3 is 1. The Hall–Kier alpha value is -1.39. The van der Waals surface area contributed by atoms with Crippen molar-refractivity contribution in [2.24, 2.45) is 0 Å². The lowest BCUT2D eigenvalue weighted by Crippen LogP contribution is -2.47. The molecular weight excluding hydrogens is 240 g/mol. The number of amides is 1. The molecule has 0 saturated heterocycles. The van der Waals surface area contributed by atoms with Gasteiger partial charge >= 0.3 is 0 Å². The highest BCUT2D eigenvalue weighted by Crippen LogP contribution is 2.23. The minimum absolute atomic E-state index is 0.0351. The quantitative estimate of drug-likeness (QED) is 0.859. The highest BCUT2D eigenvalue weighted by Gasteiger charge is 2.30. The Bertz CT molecular complexity index is 481. The summed E-state index contributed by atoms with van der Waals surface area (Å²) in [5.74, 6) is 0.0351. The molecule has 1 aliphatic heterocycles. The second kappa shape index (κ2) is 5.31. The predicted octanol–water partition coefficient (Wildman–Crippen LogP) is 1.24. The van der Waals surface area contributed by atoms with Crippen molar-refractivity contribution in [1.29, 1.82) is 0 Å². The molecule has 0 aromatic heterocycles. The number of rotatable bonds is 3. The van der Waals surface area contributed by atoms with E-state index >= 15 is 0 Å². The van der Waals surface area contributed by atoms with Gasteiger partial charge in [0.25, 0.3) is 5.91 Å².